The van der Waals surface area contributed by atoms with E-state index in [1.165, 1.54) is 6.07 Å². The zero-order valence-electron chi connectivity index (χ0n) is 11.3. The molecular weight excluding hydrogens is 260 g/mol. The van der Waals surface area contributed by atoms with Crippen LogP contribution in [0.15, 0.2) is 42.5 Å². The molecule has 0 atom stereocenters. The maximum atomic E-state index is 13.4. The minimum atomic E-state index is -0.431. The summed E-state index contributed by atoms with van der Waals surface area (Å²) in [6.45, 7) is 3.31. The molecule has 0 aromatic heterocycles. The topological polar surface area (TPSA) is 21.3 Å². The minimum absolute atomic E-state index is 0.279. The second-order valence-corrected chi connectivity index (χ2v) is 4.58. The number of halogens is 2. The highest BCUT2D eigenvalue weighted by atomic mass is 19.1. The summed E-state index contributed by atoms with van der Waals surface area (Å²) in [7, 11) is 0. The number of nitrogens with one attached hydrogen (secondary N) is 1. The standard InChI is InChI=1S/C16H17F2NO/c1-12-3-2-4-15(9-12)20-8-7-19-11-13-10-14(17)5-6-16(13)18/h2-6,9-10,19H,7-8,11H2,1H3. The van der Waals surface area contributed by atoms with Crippen LogP contribution >= 0.6 is 0 Å². The summed E-state index contributed by atoms with van der Waals surface area (Å²) in [5.41, 5.74) is 1.46. The van der Waals surface area contributed by atoms with Crippen molar-refractivity contribution in [2.45, 2.75) is 13.5 Å². The monoisotopic (exact) mass is 277 g/mol. The molecular formula is C16H17F2NO. The van der Waals surface area contributed by atoms with E-state index in [9.17, 15) is 8.78 Å². The second-order valence-electron chi connectivity index (χ2n) is 4.58. The van der Waals surface area contributed by atoms with Gasteiger partial charge in [0, 0.05) is 18.7 Å². The predicted molar refractivity (Wildman–Crippen MR) is 74.7 cm³/mol. The molecule has 0 spiro atoms. The SMILES string of the molecule is Cc1cccc(OCCNCc2cc(F)ccc2F)c1. The van der Waals surface area contributed by atoms with Crippen LogP contribution in [0.3, 0.4) is 0 Å². The first-order valence-corrected chi connectivity index (χ1v) is 6.49. The van der Waals surface area contributed by atoms with E-state index < -0.39 is 11.6 Å². The third-order valence-corrected chi connectivity index (χ3v) is 2.86. The quantitative estimate of drug-likeness (QED) is 0.817. The van der Waals surface area contributed by atoms with Gasteiger partial charge in [-0.2, -0.15) is 0 Å². The van der Waals surface area contributed by atoms with Crippen LogP contribution in [0, 0.1) is 18.6 Å². The van der Waals surface area contributed by atoms with Gasteiger partial charge in [-0.05, 0) is 42.8 Å². The fraction of sp³-hybridized carbons (Fsp3) is 0.250. The summed E-state index contributed by atoms with van der Waals surface area (Å²) < 4.78 is 31.9. The van der Waals surface area contributed by atoms with E-state index in [2.05, 4.69) is 5.32 Å². The number of hydrogen-bond acceptors (Lipinski definition) is 2. The van der Waals surface area contributed by atoms with E-state index in [4.69, 9.17) is 4.74 Å². The van der Waals surface area contributed by atoms with Gasteiger partial charge in [-0.3, -0.25) is 0 Å². The molecule has 1 N–H and O–H groups in total. The first-order chi connectivity index (χ1) is 9.65. The van der Waals surface area contributed by atoms with Crippen molar-refractivity contribution < 1.29 is 13.5 Å². The molecule has 0 bridgehead atoms. The van der Waals surface area contributed by atoms with Gasteiger partial charge in [-0.15, -0.1) is 0 Å². The zero-order valence-corrected chi connectivity index (χ0v) is 11.3. The Morgan fingerprint density at radius 1 is 1.10 bits per heavy atom. The van der Waals surface area contributed by atoms with E-state index in [1.54, 1.807) is 0 Å². The third-order valence-electron chi connectivity index (χ3n) is 2.86. The summed E-state index contributed by atoms with van der Waals surface area (Å²) in [4.78, 5) is 0. The number of hydrogen-bond donors (Lipinski definition) is 1. The van der Waals surface area contributed by atoms with Gasteiger partial charge in [-0.1, -0.05) is 12.1 Å². The smallest absolute Gasteiger partial charge is 0.127 e. The van der Waals surface area contributed by atoms with Crippen molar-refractivity contribution in [2.24, 2.45) is 0 Å². The first kappa shape index (κ1) is 14.5. The van der Waals surface area contributed by atoms with Crippen LogP contribution in [-0.4, -0.2) is 13.2 Å². The largest absolute Gasteiger partial charge is 0.492 e. The average Bonchev–Trinajstić information content (AvgIpc) is 2.42. The molecule has 20 heavy (non-hydrogen) atoms. The van der Waals surface area contributed by atoms with Crippen LogP contribution in [0.4, 0.5) is 8.78 Å². The lowest BCUT2D eigenvalue weighted by Gasteiger charge is -2.08. The van der Waals surface area contributed by atoms with Gasteiger partial charge < -0.3 is 10.1 Å². The Morgan fingerprint density at radius 3 is 2.75 bits per heavy atom. The highest BCUT2D eigenvalue weighted by Gasteiger charge is 2.03. The van der Waals surface area contributed by atoms with Crippen LogP contribution in [0.1, 0.15) is 11.1 Å². The molecule has 0 aliphatic heterocycles. The summed E-state index contributed by atoms with van der Waals surface area (Å²) >= 11 is 0. The molecule has 106 valence electrons. The predicted octanol–water partition coefficient (Wildman–Crippen LogP) is 3.44. The Balaban J connectivity index is 1.73. The van der Waals surface area contributed by atoms with Crippen LogP contribution in [0.5, 0.6) is 5.75 Å². The van der Waals surface area contributed by atoms with E-state index in [1.807, 2.05) is 31.2 Å². The summed E-state index contributed by atoms with van der Waals surface area (Å²) in [6.07, 6.45) is 0. The molecule has 2 aromatic rings. The third kappa shape index (κ3) is 4.31. The highest BCUT2D eigenvalue weighted by Crippen LogP contribution is 2.12. The maximum absolute atomic E-state index is 13.4. The van der Waals surface area contributed by atoms with Crippen LogP contribution in [0.25, 0.3) is 0 Å². The van der Waals surface area contributed by atoms with Crippen LogP contribution < -0.4 is 10.1 Å². The van der Waals surface area contributed by atoms with Gasteiger partial charge in [-0.25, -0.2) is 8.78 Å². The van der Waals surface area contributed by atoms with Gasteiger partial charge >= 0.3 is 0 Å². The van der Waals surface area contributed by atoms with Gasteiger partial charge in [0.15, 0.2) is 0 Å². The van der Waals surface area contributed by atoms with Crippen molar-refractivity contribution in [3.05, 3.63) is 65.2 Å². The fourth-order valence-corrected chi connectivity index (χ4v) is 1.85. The van der Waals surface area contributed by atoms with Crippen LogP contribution in [-0.2, 0) is 6.54 Å². The molecule has 0 saturated heterocycles. The summed E-state index contributed by atoms with van der Waals surface area (Å²) in [5, 5.41) is 3.02. The summed E-state index contributed by atoms with van der Waals surface area (Å²) in [6, 6.07) is 11.2. The molecule has 0 saturated carbocycles. The molecule has 0 fully saturated rings. The van der Waals surface area contributed by atoms with Crippen molar-refractivity contribution in [3.8, 4) is 5.75 Å². The molecule has 0 aliphatic rings. The molecule has 4 heteroatoms. The van der Waals surface area contributed by atoms with Gasteiger partial charge in [0.2, 0.25) is 0 Å². The maximum Gasteiger partial charge on any atom is 0.127 e. The lowest BCUT2D eigenvalue weighted by molar-refractivity contribution is 0.313. The molecule has 0 aliphatic carbocycles. The second kappa shape index (κ2) is 7.01. The summed E-state index contributed by atoms with van der Waals surface area (Å²) in [5.74, 6) is -0.0264. The Labute approximate surface area is 117 Å². The number of rotatable bonds is 6. The molecule has 0 radical (unpaired) electrons. The average molecular weight is 277 g/mol. The number of ether oxygens (including phenoxy) is 1. The normalized spacial score (nSPS) is 10.6. The molecule has 0 amide bonds. The molecule has 2 aromatic carbocycles. The molecule has 0 unspecified atom stereocenters. The van der Waals surface area contributed by atoms with Crippen molar-refractivity contribution in [3.63, 3.8) is 0 Å². The highest BCUT2D eigenvalue weighted by molar-refractivity contribution is 5.27. The van der Waals surface area contributed by atoms with Gasteiger partial charge in [0.05, 0.1) is 0 Å². The van der Waals surface area contributed by atoms with E-state index in [-0.39, 0.29) is 6.54 Å². The Kier molecular flexibility index (Phi) is 5.07. The first-order valence-electron chi connectivity index (χ1n) is 6.49. The van der Waals surface area contributed by atoms with Crippen molar-refractivity contribution in [2.75, 3.05) is 13.2 Å². The Hall–Kier alpha value is -1.94. The Morgan fingerprint density at radius 2 is 1.95 bits per heavy atom. The van der Waals surface area contributed by atoms with Gasteiger partial charge in [0.25, 0.3) is 0 Å². The molecule has 0 heterocycles. The van der Waals surface area contributed by atoms with Crippen molar-refractivity contribution >= 4 is 0 Å². The zero-order chi connectivity index (χ0) is 14.4. The molecule has 2 rings (SSSR count). The number of aryl methyl sites for hydroxylation is 1. The molecule has 2 nitrogen and oxygen atoms in total. The lowest BCUT2D eigenvalue weighted by atomic mass is 10.2. The fourth-order valence-electron chi connectivity index (χ4n) is 1.85. The van der Waals surface area contributed by atoms with Crippen molar-refractivity contribution in [1.29, 1.82) is 0 Å². The van der Waals surface area contributed by atoms with Gasteiger partial charge in [0.1, 0.15) is 24.0 Å². The Bertz CT molecular complexity index is 572. The van der Waals surface area contributed by atoms with E-state index in [0.717, 1.165) is 23.4 Å². The van der Waals surface area contributed by atoms with E-state index in [0.29, 0.717) is 18.7 Å². The van der Waals surface area contributed by atoms with Crippen LogP contribution in [0.2, 0.25) is 0 Å². The number of benzene rings is 2. The van der Waals surface area contributed by atoms with Crippen molar-refractivity contribution in [1.82, 2.24) is 5.32 Å². The van der Waals surface area contributed by atoms with E-state index >= 15 is 0 Å². The lowest BCUT2D eigenvalue weighted by Crippen LogP contribution is -2.21. The minimum Gasteiger partial charge on any atom is -0.492 e.